The summed E-state index contributed by atoms with van der Waals surface area (Å²) in [5, 5.41) is 3.35. The lowest BCUT2D eigenvalue weighted by atomic mass is 10.0. The quantitative estimate of drug-likeness (QED) is 0.794. The molecule has 1 aliphatic heterocycles. The second-order valence-electron chi connectivity index (χ2n) is 4.21. The zero-order chi connectivity index (χ0) is 10.7. The van der Waals surface area contributed by atoms with E-state index in [4.69, 9.17) is 0 Å². The first-order valence-electron chi connectivity index (χ1n) is 5.64. The molecule has 1 fully saturated rings. The van der Waals surface area contributed by atoms with Gasteiger partial charge >= 0.3 is 0 Å². The molecule has 1 N–H and O–H groups in total. The number of anilines is 1. The summed E-state index contributed by atoms with van der Waals surface area (Å²) in [6.07, 6.45) is 4.37. The number of nitrogens with zero attached hydrogens (tertiary/aromatic N) is 2. The predicted molar refractivity (Wildman–Crippen MR) is 63.3 cm³/mol. The van der Waals surface area contributed by atoms with Crippen LogP contribution in [0.5, 0.6) is 0 Å². The monoisotopic (exact) mass is 205 g/mol. The van der Waals surface area contributed by atoms with Crippen LogP contribution in [0, 0.1) is 6.92 Å². The topological polar surface area (TPSA) is 28.2 Å². The van der Waals surface area contributed by atoms with Gasteiger partial charge in [-0.1, -0.05) is 0 Å². The van der Waals surface area contributed by atoms with Gasteiger partial charge in [0.2, 0.25) is 0 Å². The fourth-order valence-corrected chi connectivity index (χ4v) is 2.15. The zero-order valence-electron chi connectivity index (χ0n) is 9.53. The van der Waals surface area contributed by atoms with Crippen LogP contribution in [0.3, 0.4) is 0 Å². The van der Waals surface area contributed by atoms with Crippen molar-refractivity contribution in [2.45, 2.75) is 25.8 Å². The highest BCUT2D eigenvalue weighted by Gasteiger charge is 2.17. The van der Waals surface area contributed by atoms with Crippen molar-refractivity contribution in [3.8, 4) is 0 Å². The molecule has 2 rings (SSSR count). The van der Waals surface area contributed by atoms with Crippen molar-refractivity contribution < 1.29 is 0 Å². The average Bonchev–Trinajstić information content (AvgIpc) is 2.29. The van der Waals surface area contributed by atoms with Crippen molar-refractivity contribution in [3.05, 3.63) is 24.0 Å². The van der Waals surface area contributed by atoms with Gasteiger partial charge in [0.25, 0.3) is 0 Å². The Labute approximate surface area is 91.5 Å². The fraction of sp³-hybridized carbons (Fsp3) is 0.583. The molecule has 0 bridgehead atoms. The lowest BCUT2D eigenvalue weighted by Gasteiger charge is -2.33. The SMILES string of the molecule is CNC1CCN(c2ccnc(C)c2)CC1. The number of hydrogen-bond acceptors (Lipinski definition) is 3. The molecule has 0 saturated carbocycles. The van der Waals surface area contributed by atoms with Crippen molar-refractivity contribution >= 4 is 5.69 Å². The molecule has 2 heterocycles. The minimum Gasteiger partial charge on any atom is -0.371 e. The number of pyridine rings is 1. The molecule has 3 heteroatoms. The van der Waals surface area contributed by atoms with Crippen LogP contribution in [0.25, 0.3) is 0 Å². The molecule has 0 aromatic carbocycles. The van der Waals surface area contributed by atoms with Gasteiger partial charge in [-0.3, -0.25) is 4.98 Å². The Hall–Kier alpha value is -1.09. The van der Waals surface area contributed by atoms with E-state index in [2.05, 4.69) is 34.4 Å². The molecule has 82 valence electrons. The van der Waals surface area contributed by atoms with Gasteiger partial charge in [0.05, 0.1) is 0 Å². The molecule has 0 amide bonds. The number of hydrogen-bond donors (Lipinski definition) is 1. The molecule has 1 aliphatic rings. The molecule has 0 spiro atoms. The Bertz CT molecular complexity index is 316. The minimum absolute atomic E-state index is 0.698. The smallest absolute Gasteiger partial charge is 0.0399 e. The molecule has 0 aliphatic carbocycles. The van der Waals surface area contributed by atoms with E-state index in [0.29, 0.717) is 6.04 Å². The van der Waals surface area contributed by atoms with Crippen molar-refractivity contribution in [2.24, 2.45) is 0 Å². The van der Waals surface area contributed by atoms with Crippen LogP contribution >= 0.6 is 0 Å². The molecule has 3 nitrogen and oxygen atoms in total. The summed E-state index contributed by atoms with van der Waals surface area (Å²) in [5.74, 6) is 0. The van der Waals surface area contributed by atoms with Crippen molar-refractivity contribution in [3.63, 3.8) is 0 Å². The zero-order valence-corrected chi connectivity index (χ0v) is 9.53. The Morgan fingerprint density at radius 1 is 1.40 bits per heavy atom. The van der Waals surface area contributed by atoms with Crippen LogP contribution in [0.1, 0.15) is 18.5 Å². The highest BCUT2D eigenvalue weighted by molar-refractivity contribution is 5.46. The van der Waals surface area contributed by atoms with Crippen LogP contribution in [0.2, 0.25) is 0 Å². The Morgan fingerprint density at radius 2 is 2.13 bits per heavy atom. The summed E-state index contributed by atoms with van der Waals surface area (Å²) in [7, 11) is 2.05. The lowest BCUT2D eigenvalue weighted by Crippen LogP contribution is -2.41. The standard InChI is InChI=1S/C12H19N3/c1-10-9-12(3-6-14-10)15-7-4-11(13-2)5-8-15/h3,6,9,11,13H,4-5,7-8H2,1-2H3. The molecule has 1 aromatic heterocycles. The van der Waals surface area contributed by atoms with Crippen LogP contribution in [-0.4, -0.2) is 31.2 Å². The molecule has 0 atom stereocenters. The van der Waals surface area contributed by atoms with Gasteiger partial charge in [-0.2, -0.15) is 0 Å². The summed E-state index contributed by atoms with van der Waals surface area (Å²) in [5.41, 5.74) is 2.42. The molecule has 1 aromatic rings. The number of aryl methyl sites for hydroxylation is 1. The van der Waals surface area contributed by atoms with Gasteiger partial charge < -0.3 is 10.2 Å². The summed E-state index contributed by atoms with van der Waals surface area (Å²) in [6, 6.07) is 4.97. The normalized spacial score (nSPS) is 18.1. The molecule has 0 unspecified atom stereocenters. The fourth-order valence-electron chi connectivity index (χ4n) is 2.15. The van der Waals surface area contributed by atoms with E-state index >= 15 is 0 Å². The molecule has 1 saturated heterocycles. The van der Waals surface area contributed by atoms with E-state index < -0.39 is 0 Å². The first-order chi connectivity index (χ1) is 7.29. The van der Waals surface area contributed by atoms with E-state index in [9.17, 15) is 0 Å². The number of nitrogens with one attached hydrogen (secondary N) is 1. The third-order valence-corrected chi connectivity index (χ3v) is 3.15. The highest BCUT2D eigenvalue weighted by atomic mass is 15.1. The third-order valence-electron chi connectivity index (χ3n) is 3.15. The van der Waals surface area contributed by atoms with Crippen LogP contribution < -0.4 is 10.2 Å². The van der Waals surface area contributed by atoms with Gasteiger partial charge in [0.1, 0.15) is 0 Å². The third kappa shape index (κ3) is 2.48. The second-order valence-corrected chi connectivity index (χ2v) is 4.21. The number of aromatic nitrogens is 1. The summed E-state index contributed by atoms with van der Waals surface area (Å²) < 4.78 is 0. The van der Waals surface area contributed by atoms with Crippen LogP contribution in [0.4, 0.5) is 5.69 Å². The minimum atomic E-state index is 0.698. The van der Waals surface area contributed by atoms with E-state index in [0.717, 1.165) is 18.8 Å². The van der Waals surface area contributed by atoms with Gasteiger partial charge in [-0.05, 0) is 38.9 Å². The predicted octanol–water partition coefficient (Wildman–Crippen LogP) is 1.58. The van der Waals surface area contributed by atoms with Crippen molar-refractivity contribution in [2.75, 3.05) is 25.0 Å². The molecular formula is C12H19N3. The van der Waals surface area contributed by atoms with Gasteiger partial charge in [-0.25, -0.2) is 0 Å². The van der Waals surface area contributed by atoms with Gasteiger partial charge in [0, 0.05) is 36.7 Å². The number of piperidine rings is 1. The molecular weight excluding hydrogens is 186 g/mol. The largest absolute Gasteiger partial charge is 0.371 e. The van der Waals surface area contributed by atoms with Gasteiger partial charge in [0.15, 0.2) is 0 Å². The summed E-state index contributed by atoms with van der Waals surface area (Å²) in [6.45, 7) is 4.34. The van der Waals surface area contributed by atoms with E-state index in [1.807, 2.05) is 13.1 Å². The van der Waals surface area contributed by atoms with E-state index in [-0.39, 0.29) is 0 Å². The van der Waals surface area contributed by atoms with Crippen molar-refractivity contribution in [1.29, 1.82) is 0 Å². The van der Waals surface area contributed by atoms with E-state index in [1.165, 1.54) is 18.5 Å². The van der Waals surface area contributed by atoms with Crippen LogP contribution in [-0.2, 0) is 0 Å². The first kappa shape index (κ1) is 10.4. The van der Waals surface area contributed by atoms with Crippen LogP contribution in [0.15, 0.2) is 18.3 Å². The average molecular weight is 205 g/mol. The summed E-state index contributed by atoms with van der Waals surface area (Å²) in [4.78, 5) is 6.67. The van der Waals surface area contributed by atoms with Gasteiger partial charge in [-0.15, -0.1) is 0 Å². The number of rotatable bonds is 2. The maximum absolute atomic E-state index is 4.23. The molecule has 0 radical (unpaired) electrons. The Kier molecular flexibility index (Phi) is 3.21. The Morgan fingerprint density at radius 3 is 2.73 bits per heavy atom. The first-order valence-corrected chi connectivity index (χ1v) is 5.64. The maximum atomic E-state index is 4.23. The summed E-state index contributed by atoms with van der Waals surface area (Å²) >= 11 is 0. The molecule has 15 heavy (non-hydrogen) atoms. The second kappa shape index (κ2) is 4.62. The Balaban J connectivity index is 2.01. The van der Waals surface area contributed by atoms with Crippen molar-refractivity contribution in [1.82, 2.24) is 10.3 Å². The highest BCUT2D eigenvalue weighted by Crippen LogP contribution is 2.19. The van der Waals surface area contributed by atoms with E-state index in [1.54, 1.807) is 0 Å². The lowest BCUT2D eigenvalue weighted by molar-refractivity contribution is 0.442. The maximum Gasteiger partial charge on any atom is 0.0399 e.